The second-order valence-electron chi connectivity index (χ2n) is 3.14. The van der Waals surface area contributed by atoms with Gasteiger partial charge in [0.15, 0.2) is 0 Å². The summed E-state index contributed by atoms with van der Waals surface area (Å²) in [6, 6.07) is -0.171. The number of rotatable bonds is 4. The molecule has 3 atom stereocenters. The van der Waals surface area contributed by atoms with Crippen molar-refractivity contribution in [1.29, 1.82) is 0 Å². The first kappa shape index (κ1) is 12.2. The van der Waals surface area contributed by atoms with Crippen molar-refractivity contribution in [3.05, 3.63) is 0 Å². The van der Waals surface area contributed by atoms with Crippen molar-refractivity contribution < 1.29 is 28.7 Å². The molecule has 1 fully saturated rings. The Kier molecular flexibility index (Phi) is 4.12. The van der Waals surface area contributed by atoms with E-state index in [0.29, 0.717) is 6.42 Å². The summed E-state index contributed by atoms with van der Waals surface area (Å²) in [7, 11) is -2.70. The molecule has 0 saturated carbocycles. The van der Waals surface area contributed by atoms with Crippen LogP contribution in [-0.2, 0) is 13.8 Å². The van der Waals surface area contributed by atoms with Crippen LogP contribution in [0.15, 0.2) is 0 Å². The molecular weight excluding hydrogens is 210 g/mol. The fraction of sp³-hybridized carbons (Fsp3) is 1.00. The van der Waals surface area contributed by atoms with Gasteiger partial charge in [-0.2, -0.15) is 0 Å². The number of aliphatic hydroxyl groups is 1. The zero-order valence-corrected chi connectivity index (χ0v) is 8.63. The maximum absolute atomic E-state index is 10.4. The zero-order valence-electron chi connectivity index (χ0n) is 7.74. The van der Waals surface area contributed by atoms with E-state index < -0.39 is 20.0 Å². The molecule has 1 rings (SSSR count). The summed E-state index contributed by atoms with van der Waals surface area (Å²) in [5.74, 6) is 0. The molecule has 3 N–H and O–H groups in total. The number of phosphoric ester groups is 1. The Bertz CT molecular complexity index is 230. The van der Waals surface area contributed by atoms with E-state index in [4.69, 9.17) is 14.5 Å². The fourth-order valence-electron chi connectivity index (χ4n) is 1.30. The highest BCUT2D eigenvalue weighted by atomic mass is 31.2. The Morgan fingerprint density at radius 1 is 1.64 bits per heavy atom. The molecule has 1 heterocycles. The first-order valence-electron chi connectivity index (χ1n) is 4.25. The molecule has 81 valence electrons. The van der Waals surface area contributed by atoms with Crippen LogP contribution in [0.2, 0.25) is 6.82 Å². The summed E-state index contributed by atoms with van der Waals surface area (Å²) in [4.78, 5) is 16.9. The molecule has 0 aliphatic carbocycles. The number of hydrogen-bond donors (Lipinski definition) is 3. The minimum absolute atomic E-state index is 0.171. The minimum atomic E-state index is -4.47. The number of aliphatic hydroxyl groups excluding tert-OH is 1. The lowest BCUT2D eigenvalue weighted by Crippen LogP contribution is -2.26. The van der Waals surface area contributed by atoms with Crippen molar-refractivity contribution in [2.45, 2.75) is 31.5 Å². The lowest BCUT2D eigenvalue weighted by molar-refractivity contribution is -0.00477. The van der Waals surface area contributed by atoms with Crippen molar-refractivity contribution in [2.24, 2.45) is 0 Å². The van der Waals surface area contributed by atoms with Gasteiger partial charge in [-0.3, -0.25) is 4.52 Å². The van der Waals surface area contributed by atoms with Crippen molar-refractivity contribution in [2.75, 3.05) is 6.61 Å². The summed E-state index contributed by atoms with van der Waals surface area (Å²) in [5.41, 5.74) is 0. The van der Waals surface area contributed by atoms with Crippen LogP contribution >= 0.6 is 7.82 Å². The van der Waals surface area contributed by atoms with Gasteiger partial charge in [0.2, 0.25) is 0 Å². The van der Waals surface area contributed by atoms with E-state index in [1.54, 1.807) is 14.1 Å². The number of hydrogen-bond acceptors (Lipinski definition) is 4. The predicted molar refractivity (Wildman–Crippen MR) is 48.9 cm³/mol. The SMILES string of the molecule is C[B]C1CC(O)C(COP(=O)(O)O)O1. The smallest absolute Gasteiger partial charge is 0.390 e. The Labute approximate surface area is 82.7 Å². The van der Waals surface area contributed by atoms with E-state index in [1.807, 2.05) is 0 Å². The summed E-state index contributed by atoms with van der Waals surface area (Å²) >= 11 is 0. The second kappa shape index (κ2) is 4.74. The highest BCUT2D eigenvalue weighted by molar-refractivity contribution is 7.46. The van der Waals surface area contributed by atoms with Gasteiger partial charge in [-0.05, 0) is 6.42 Å². The van der Waals surface area contributed by atoms with Gasteiger partial charge >= 0.3 is 7.82 Å². The highest BCUT2D eigenvalue weighted by Crippen LogP contribution is 2.36. The van der Waals surface area contributed by atoms with Gasteiger partial charge in [-0.1, -0.05) is 6.82 Å². The summed E-state index contributed by atoms with van der Waals surface area (Å²) < 4.78 is 19.9. The zero-order chi connectivity index (χ0) is 10.8. The Hall–Kier alpha value is 0.0949. The molecule has 0 aromatic carbocycles. The van der Waals surface area contributed by atoms with Crippen molar-refractivity contribution in [3.63, 3.8) is 0 Å². The fourth-order valence-corrected chi connectivity index (χ4v) is 1.64. The van der Waals surface area contributed by atoms with Crippen molar-refractivity contribution >= 4 is 15.1 Å². The standard InChI is InChI=1S/C6H13BO6P/c1-7-6-2-4(8)5(13-6)3-12-14(9,10)11/h4-6,8H,2-3H2,1H3,(H2,9,10,11). The third-order valence-corrected chi connectivity index (χ3v) is 2.52. The highest BCUT2D eigenvalue weighted by Gasteiger charge is 2.34. The van der Waals surface area contributed by atoms with E-state index in [-0.39, 0.29) is 12.6 Å². The molecule has 0 spiro atoms. The van der Waals surface area contributed by atoms with Crippen LogP contribution in [0, 0.1) is 0 Å². The van der Waals surface area contributed by atoms with Gasteiger partial charge in [0.1, 0.15) is 13.4 Å². The molecule has 1 saturated heterocycles. The first-order chi connectivity index (χ1) is 6.42. The van der Waals surface area contributed by atoms with Gasteiger partial charge in [0, 0.05) is 6.00 Å². The molecule has 1 aliphatic rings. The quantitative estimate of drug-likeness (QED) is 0.431. The van der Waals surface area contributed by atoms with Crippen LogP contribution in [0.3, 0.4) is 0 Å². The third-order valence-electron chi connectivity index (χ3n) is 2.03. The molecule has 8 heteroatoms. The maximum Gasteiger partial charge on any atom is 0.469 e. The van der Waals surface area contributed by atoms with Gasteiger partial charge < -0.3 is 19.6 Å². The van der Waals surface area contributed by atoms with E-state index in [0.717, 1.165) is 0 Å². The molecule has 6 nitrogen and oxygen atoms in total. The summed E-state index contributed by atoms with van der Waals surface area (Å²) in [6.07, 6.45) is -0.960. The number of phosphoric acid groups is 1. The van der Waals surface area contributed by atoms with Gasteiger partial charge in [-0.15, -0.1) is 0 Å². The van der Waals surface area contributed by atoms with E-state index >= 15 is 0 Å². The minimum Gasteiger partial charge on any atom is -0.390 e. The normalized spacial score (nSPS) is 33.3. The van der Waals surface area contributed by atoms with Crippen LogP contribution in [0.25, 0.3) is 0 Å². The lowest BCUT2D eigenvalue weighted by atomic mass is 9.73. The van der Waals surface area contributed by atoms with Crippen LogP contribution in [0.1, 0.15) is 6.42 Å². The molecule has 1 radical (unpaired) electrons. The Morgan fingerprint density at radius 3 is 2.71 bits per heavy atom. The molecule has 14 heavy (non-hydrogen) atoms. The van der Waals surface area contributed by atoms with E-state index in [2.05, 4.69) is 4.52 Å². The topological polar surface area (TPSA) is 96.2 Å². The monoisotopic (exact) mass is 223 g/mol. The van der Waals surface area contributed by atoms with Gasteiger partial charge in [-0.25, -0.2) is 4.57 Å². The summed E-state index contributed by atoms with van der Waals surface area (Å²) in [6.45, 7) is 1.50. The van der Waals surface area contributed by atoms with Crippen LogP contribution < -0.4 is 0 Å². The second-order valence-corrected chi connectivity index (χ2v) is 4.38. The van der Waals surface area contributed by atoms with Crippen LogP contribution in [0.5, 0.6) is 0 Å². The molecule has 1 aliphatic heterocycles. The molecule has 0 aromatic heterocycles. The van der Waals surface area contributed by atoms with Crippen molar-refractivity contribution in [1.82, 2.24) is 0 Å². The Morgan fingerprint density at radius 2 is 2.29 bits per heavy atom. The average Bonchev–Trinajstić information content (AvgIpc) is 2.42. The van der Waals surface area contributed by atoms with E-state index in [1.165, 1.54) is 0 Å². The molecule has 0 bridgehead atoms. The van der Waals surface area contributed by atoms with Gasteiger partial charge in [0.25, 0.3) is 0 Å². The van der Waals surface area contributed by atoms with Crippen LogP contribution in [0.4, 0.5) is 0 Å². The van der Waals surface area contributed by atoms with Crippen LogP contribution in [-0.4, -0.2) is 47.0 Å². The molecule has 3 unspecified atom stereocenters. The average molecular weight is 223 g/mol. The first-order valence-corrected chi connectivity index (χ1v) is 5.78. The largest absolute Gasteiger partial charge is 0.469 e. The van der Waals surface area contributed by atoms with Gasteiger partial charge in [0.05, 0.1) is 12.7 Å². The van der Waals surface area contributed by atoms with Crippen molar-refractivity contribution in [3.8, 4) is 0 Å². The number of ether oxygens (including phenoxy) is 1. The predicted octanol–water partition coefficient (Wildman–Crippen LogP) is -0.676. The summed E-state index contributed by atoms with van der Waals surface area (Å²) in [5, 5.41) is 9.41. The lowest BCUT2D eigenvalue weighted by Gasteiger charge is -2.14. The maximum atomic E-state index is 10.4. The molecule has 0 aromatic rings. The molecule has 0 amide bonds. The molecular formula is C6H13BO6P. The van der Waals surface area contributed by atoms with E-state index in [9.17, 15) is 9.67 Å². The Balaban J connectivity index is 2.35. The third kappa shape index (κ3) is 3.69.